The number of halogens is 3. The maximum atomic E-state index is 13.5. The Kier molecular flexibility index (Phi) is 9.09. The first-order valence-electron chi connectivity index (χ1n) is 11.8. The lowest BCUT2D eigenvalue weighted by Gasteiger charge is -2.26. The first-order valence-corrected chi connectivity index (χ1v) is 13.3. The summed E-state index contributed by atoms with van der Waals surface area (Å²) in [6.07, 6.45) is 3.24. The molecule has 36 heavy (non-hydrogen) atoms. The fourth-order valence-corrected chi connectivity index (χ4v) is 4.96. The number of aromatic nitrogens is 2. The molecule has 2 heterocycles. The van der Waals surface area contributed by atoms with Gasteiger partial charge in [0.1, 0.15) is 0 Å². The lowest BCUT2D eigenvalue weighted by atomic mass is 10.0. The Balaban J connectivity index is 1.85. The molecule has 3 N–H and O–H groups in total. The number of hydrogen-bond acceptors (Lipinski definition) is 4. The second-order valence-corrected chi connectivity index (χ2v) is 10.1. The first kappa shape index (κ1) is 26.7. The molecule has 0 aliphatic carbocycles. The Hall–Kier alpha value is -2.36. The molecule has 190 valence electrons. The van der Waals surface area contributed by atoms with Gasteiger partial charge in [-0.25, -0.2) is 9.69 Å². The predicted molar refractivity (Wildman–Crippen MR) is 150 cm³/mol. The minimum absolute atomic E-state index is 0.276. The van der Waals surface area contributed by atoms with Crippen molar-refractivity contribution in [3.63, 3.8) is 0 Å². The number of amides is 1. The van der Waals surface area contributed by atoms with Gasteiger partial charge in [-0.15, -0.1) is 0 Å². The van der Waals surface area contributed by atoms with Crippen molar-refractivity contribution in [1.82, 2.24) is 30.8 Å². The van der Waals surface area contributed by atoms with Crippen molar-refractivity contribution < 1.29 is 4.79 Å². The zero-order chi connectivity index (χ0) is 25.7. The fraction of sp³-hybridized carbons (Fsp3) is 0.320. The van der Waals surface area contributed by atoms with Crippen LogP contribution in [0.5, 0.6) is 0 Å². The average molecular weight is 566 g/mol. The Bertz CT molecular complexity index is 1240. The van der Waals surface area contributed by atoms with Gasteiger partial charge in [0.15, 0.2) is 10.8 Å². The standard InChI is InChI=1S/C25H27Cl3N6OS/c1-2-29-25(36)30-15-19-22(24(35)32-33-12-4-3-5-13-33)31-34(21-11-10-18(27)14-20(21)28)23(19)16-6-8-17(26)9-7-16/h6-11,14H,2-5,12-13,15H2,1H3,(H,32,35)(H2,29,30,36). The van der Waals surface area contributed by atoms with Crippen LogP contribution in [0.1, 0.15) is 42.2 Å². The summed E-state index contributed by atoms with van der Waals surface area (Å²) < 4.78 is 1.68. The van der Waals surface area contributed by atoms with Crippen LogP contribution in [0.15, 0.2) is 42.5 Å². The number of nitrogens with one attached hydrogen (secondary N) is 3. The Morgan fingerprint density at radius 2 is 1.69 bits per heavy atom. The minimum atomic E-state index is -0.290. The maximum Gasteiger partial charge on any atom is 0.286 e. The van der Waals surface area contributed by atoms with E-state index < -0.39 is 0 Å². The molecule has 0 unspecified atom stereocenters. The molecule has 0 spiro atoms. The number of thiocarbonyl (C=S) groups is 1. The van der Waals surface area contributed by atoms with E-state index in [0.717, 1.165) is 37.9 Å². The molecule has 1 fully saturated rings. The third-order valence-corrected chi connectivity index (χ3v) is 6.91. The molecule has 2 aromatic carbocycles. The highest BCUT2D eigenvalue weighted by molar-refractivity contribution is 7.80. The zero-order valence-corrected chi connectivity index (χ0v) is 22.9. The summed E-state index contributed by atoms with van der Waals surface area (Å²) in [5.41, 5.74) is 6.11. The number of nitrogens with zero attached hydrogens (tertiary/aromatic N) is 3. The molecule has 1 aliphatic heterocycles. The number of hydrazine groups is 1. The largest absolute Gasteiger partial charge is 0.363 e. The Labute approximate surface area is 231 Å². The predicted octanol–water partition coefficient (Wildman–Crippen LogP) is 5.61. The van der Waals surface area contributed by atoms with Crippen LogP contribution < -0.4 is 16.1 Å². The molecule has 3 aromatic rings. The maximum absolute atomic E-state index is 13.5. The third kappa shape index (κ3) is 6.30. The van der Waals surface area contributed by atoms with E-state index >= 15 is 0 Å². The lowest BCUT2D eigenvalue weighted by Crippen LogP contribution is -2.45. The summed E-state index contributed by atoms with van der Waals surface area (Å²) in [4.78, 5) is 13.5. The fourth-order valence-electron chi connectivity index (χ4n) is 4.13. The molecule has 4 rings (SSSR count). The molecule has 1 saturated heterocycles. The smallest absolute Gasteiger partial charge is 0.286 e. The molecular formula is C25H27Cl3N6OS. The van der Waals surface area contributed by atoms with E-state index in [0.29, 0.717) is 43.7 Å². The van der Waals surface area contributed by atoms with Crippen molar-refractivity contribution in [1.29, 1.82) is 0 Å². The van der Waals surface area contributed by atoms with E-state index in [-0.39, 0.29) is 18.1 Å². The van der Waals surface area contributed by atoms with Crippen LogP contribution in [0, 0.1) is 0 Å². The number of piperidine rings is 1. The highest BCUT2D eigenvalue weighted by atomic mass is 35.5. The summed E-state index contributed by atoms with van der Waals surface area (Å²) in [5.74, 6) is -0.290. The van der Waals surface area contributed by atoms with Gasteiger partial charge in [-0.05, 0) is 62.3 Å². The van der Waals surface area contributed by atoms with Crippen LogP contribution in [0.25, 0.3) is 16.9 Å². The molecule has 1 aromatic heterocycles. The van der Waals surface area contributed by atoms with E-state index in [1.165, 1.54) is 0 Å². The van der Waals surface area contributed by atoms with Gasteiger partial charge < -0.3 is 10.6 Å². The van der Waals surface area contributed by atoms with Crippen molar-refractivity contribution in [2.45, 2.75) is 32.7 Å². The minimum Gasteiger partial charge on any atom is -0.363 e. The van der Waals surface area contributed by atoms with Gasteiger partial charge in [-0.3, -0.25) is 10.2 Å². The molecule has 11 heteroatoms. The first-order chi connectivity index (χ1) is 17.4. The summed E-state index contributed by atoms with van der Waals surface area (Å²) in [7, 11) is 0. The van der Waals surface area contributed by atoms with Gasteiger partial charge in [0.25, 0.3) is 5.91 Å². The van der Waals surface area contributed by atoms with Crippen molar-refractivity contribution in [3.8, 4) is 16.9 Å². The molecular weight excluding hydrogens is 539 g/mol. The number of carbonyl (C=O) groups is 1. The van der Waals surface area contributed by atoms with Crippen molar-refractivity contribution >= 4 is 58.0 Å². The van der Waals surface area contributed by atoms with Crippen molar-refractivity contribution in [2.75, 3.05) is 19.6 Å². The van der Waals surface area contributed by atoms with Crippen LogP contribution in [0.3, 0.4) is 0 Å². The molecule has 1 amide bonds. The zero-order valence-electron chi connectivity index (χ0n) is 19.8. The molecule has 0 atom stereocenters. The third-order valence-electron chi connectivity index (χ3n) is 5.83. The second kappa shape index (κ2) is 12.3. The summed E-state index contributed by atoms with van der Waals surface area (Å²) >= 11 is 24.3. The lowest BCUT2D eigenvalue weighted by molar-refractivity contribution is 0.0743. The van der Waals surface area contributed by atoms with E-state index in [4.69, 9.17) is 52.1 Å². The normalized spacial score (nSPS) is 13.9. The molecule has 1 aliphatic rings. The van der Waals surface area contributed by atoms with Gasteiger partial charge in [0, 0.05) is 47.4 Å². The van der Waals surface area contributed by atoms with E-state index in [1.807, 2.05) is 24.1 Å². The van der Waals surface area contributed by atoms with Crippen LogP contribution in [0.2, 0.25) is 15.1 Å². The molecule has 0 radical (unpaired) electrons. The van der Waals surface area contributed by atoms with Gasteiger partial charge >= 0.3 is 0 Å². The summed E-state index contributed by atoms with van der Waals surface area (Å²) in [5, 5.41) is 15.0. The van der Waals surface area contributed by atoms with E-state index in [9.17, 15) is 4.79 Å². The van der Waals surface area contributed by atoms with E-state index in [1.54, 1.807) is 35.0 Å². The number of carbonyl (C=O) groups excluding carboxylic acids is 1. The number of benzene rings is 2. The van der Waals surface area contributed by atoms with E-state index in [2.05, 4.69) is 16.1 Å². The Morgan fingerprint density at radius 1 is 1.00 bits per heavy atom. The summed E-state index contributed by atoms with van der Waals surface area (Å²) in [6, 6.07) is 12.5. The molecule has 7 nitrogen and oxygen atoms in total. The van der Waals surface area contributed by atoms with Gasteiger partial charge in [-0.1, -0.05) is 53.4 Å². The van der Waals surface area contributed by atoms with Gasteiger partial charge in [-0.2, -0.15) is 5.10 Å². The topological polar surface area (TPSA) is 74.2 Å². The van der Waals surface area contributed by atoms with Gasteiger partial charge in [0.2, 0.25) is 0 Å². The van der Waals surface area contributed by atoms with Crippen molar-refractivity contribution in [2.24, 2.45) is 0 Å². The highest BCUT2D eigenvalue weighted by Crippen LogP contribution is 2.34. The van der Waals surface area contributed by atoms with Crippen LogP contribution in [-0.2, 0) is 6.54 Å². The van der Waals surface area contributed by atoms with Gasteiger partial charge in [0.05, 0.1) is 16.4 Å². The Morgan fingerprint density at radius 3 is 2.36 bits per heavy atom. The monoisotopic (exact) mass is 564 g/mol. The molecule has 0 bridgehead atoms. The summed E-state index contributed by atoms with van der Waals surface area (Å²) in [6.45, 7) is 4.52. The van der Waals surface area contributed by atoms with Crippen LogP contribution in [0.4, 0.5) is 0 Å². The second-order valence-electron chi connectivity index (χ2n) is 8.39. The van der Waals surface area contributed by atoms with Crippen molar-refractivity contribution in [3.05, 3.63) is 68.8 Å². The highest BCUT2D eigenvalue weighted by Gasteiger charge is 2.27. The number of rotatable bonds is 7. The van der Waals surface area contributed by atoms with Crippen LogP contribution in [-0.4, -0.2) is 45.4 Å². The quantitative estimate of drug-likeness (QED) is 0.323. The average Bonchev–Trinajstić information content (AvgIpc) is 3.23. The van der Waals surface area contributed by atoms with Crippen LogP contribution >= 0.6 is 47.0 Å². The molecule has 0 saturated carbocycles. The SMILES string of the molecule is CCNC(=S)NCc1c(C(=O)NN2CCCCC2)nn(-c2ccc(Cl)cc2Cl)c1-c1ccc(Cl)cc1. The number of hydrogen-bond donors (Lipinski definition) is 3.